The monoisotopic (exact) mass is 434 g/mol. The summed E-state index contributed by atoms with van der Waals surface area (Å²) in [5, 5.41) is 13.0. The van der Waals surface area contributed by atoms with Crippen LogP contribution in [0.5, 0.6) is 0 Å². The number of hydrogen-bond acceptors (Lipinski definition) is 3. The lowest BCUT2D eigenvalue weighted by molar-refractivity contribution is 0.0997. The first kappa shape index (κ1) is 20.7. The maximum absolute atomic E-state index is 13.8. The lowest BCUT2D eigenvalue weighted by Crippen LogP contribution is -2.48. The average Bonchev–Trinajstić information content (AvgIpc) is 3.02. The maximum atomic E-state index is 13.8. The predicted octanol–water partition coefficient (Wildman–Crippen LogP) is 2.88. The lowest BCUT2D eigenvalue weighted by atomic mass is 9.93. The molecule has 2 aliphatic rings. The Bertz CT molecular complexity index is 985. The normalized spacial score (nSPS) is 21.2. The summed E-state index contributed by atoms with van der Waals surface area (Å²) < 4.78 is 15.5. The largest absolute Gasteiger partial charge is 0.393 e. The second-order valence-corrected chi connectivity index (χ2v) is 8.25. The van der Waals surface area contributed by atoms with Gasteiger partial charge in [-0.25, -0.2) is 9.18 Å². The number of carbonyl (C=O) groups excluding carboxylic acids is 2. The van der Waals surface area contributed by atoms with E-state index in [0.717, 1.165) is 12.8 Å². The van der Waals surface area contributed by atoms with Crippen LogP contribution in [0.3, 0.4) is 0 Å². The van der Waals surface area contributed by atoms with Gasteiger partial charge in [0.05, 0.1) is 23.9 Å². The first-order valence-electron chi connectivity index (χ1n) is 10.0. The molecule has 4 rings (SSSR count). The molecule has 2 heterocycles. The van der Waals surface area contributed by atoms with Crippen molar-refractivity contribution in [3.05, 3.63) is 46.5 Å². The first-order chi connectivity index (χ1) is 14.3. The number of carbonyl (C=O) groups is 2. The molecule has 0 radical (unpaired) electrons. The number of fused-ring (bicyclic) bond motifs is 1. The van der Waals surface area contributed by atoms with E-state index in [0.29, 0.717) is 47.9 Å². The predicted molar refractivity (Wildman–Crippen MR) is 111 cm³/mol. The number of nitrogens with zero attached hydrogens (tertiary/aromatic N) is 2. The van der Waals surface area contributed by atoms with Gasteiger partial charge in [-0.2, -0.15) is 0 Å². The molecule has 1 aromatic heterocycles. The Morgan fingerprint density at radius 3 is 2.60 bits per heavy atom. The number of primary amides is 1. The smallest absolute Gasteiger partial charge is 0.318 e. The molecule has 9 heteroatoms. The highest BCUT2D eigenvalue weighted by atomic mass is 35.5. The number of halogens is 2. The molecule has 1 aromatic carbocycles. The van der Waals surface area contributed by atoms with Gasteiger partial charge in [-0.1, -0.05) is 23.7 Å². The van der Waals surface area contributed by atoms with Gasteiger partial charge in [-0.3, -0.25) is 4.79 Å². The Labute approximate surface area is 178 Å². The zero-order valence-electron chi connectivity index (χ0n) is 16.4. The average molecular weight is 435 g/mol. The van der Waals surface area contributed by atoms with E-state index in [-0.39, 0.29) is 30.3 Å². The molecular formula is C21H24ClFN4O3. The van der Waals surface area contributed by atoms with Gasteiger partial charge in [0.25, 0.3) is 5.91 Å². The molecule has 0 spiro atoms. The maximum Gasteiger partial charge on any atom is 0.318 e. The van der Waals surface area contributed by atoms with Crippen molar-refractivity contribution in [3.63, 3.8) is 0 Å². The van der Waals surface area contributed by atoms with Gasteiger partial charge in [-0.15, -0.1) is 0 Å². The van der Waals surface area contributed by atoms with E-state index >= 15 is 0 Å². The van der Waals surface area contributed by atoms with Gasteiger partial charge >= 0.3 is 6.03 Å². The quantitative estimate of drug-likeness (QED) is 0.692. The number of aromatic nitrogens is 1. The van der Waals surface area contributed by atoms with Gasteiger partial charge in [0.1, 0.15) is 11.0 Å². The molecule has 0 saturated heterocycles. The SMILES string of the molecule is NC(=O)c1c(-c2cccc(F)c2)c(Cl)n2c1CN(C(=O)NC1CCC(O)CC1)CC2. The van der Waals surface area contributed by atoms with Crippen molar-refractivity contribution in [1.29, 1.82) is 0 Å². The first-order valence-corrected chi connectivity index (χ1v) is 10.4. The molecular weight excluding hydrogens is 411 g/mol. The second-order valence-electron chi connectivity index (χ2n) is 7.89. The third kappa shape index (κ3) is 3.89. The Morgan fingerprint density at radius 1 is 1.20 bits per heavy atom. The Morgan fingerprint density at radius 2 is 1.93 bits per heavy atom. The molecule has 0 bridgehead atoms. The van der Waals surface area contributed by atoms with Crippen LogP contribution in [0.15, 0.2) is 24.3 Å². The molecule has 7 nitrogen and oxygen atoms in total. The van der Waals surface area contributed by atoms with Crippen LogP contribution < -0.4 is 11.1 Å². The molecule has 2 aromatic rings. The van der Waals surface area contributed by atoms with Crippen LogP contribution in [0.2, 0.25) is 5.15 Å². The van der Waals surface area contributed by atoms with Crippen LogP contribution in [-0.2, 0) is 13.1 Å². The lowest BCUT2D eigenvalue weighted by Gasteiger charge is -2.33. The van der Waals surface area contributed by atoms with E-state index in [1.807, 2.05) is 0 Å². The summed E-state index contributed by atoms with van der Waals surface area (Å²) in [5.74, 6) is -1.12. The number of hydrogen-bond donors (Lipinski definition) is 3. The van der Waals surface area contributed by atoms with Gasteiger partial charge in [0.15, 0.2) is 0 Å². The summed E-state index contributed by atoms with van der Waals surface area (Å²) in [4.78, 5) is 26.7. The fraction of sp³-hybridized carbons (Fsp3) is 0.429. The minimum Gasteiger partial charge on any atom is -0.393 e. The number of rotatable bonds is 3. The summed E-state index contributed by atoms with van der Waals surface area (Å²) in [6.07, 6.45) is 2.52. The Balaban J connectivity index is 1.61. The van der Waals surface area contributed by atoms with Crippen LogP contribution in [-0.4, -0.2) is 45.2 Å². The zero-order chi connectivity index (χ0) is 21.4. The molecule has 160 valence electrons. The van der Waals surface area contributed by atoms with Crippen LogP contribution in [0.4, 0.5) is 9.18 Å². The third-order valence-corrected chi connectivity index (χ3v) is 6.31. The van der Waals surface area contributed by atoms with Crippen molar-refractivity contribution in [3.8, 4) is 11.1 Å². The summed E-state index contributed by atoms with van der Waals surface area (Å²) in [5.41, 5.74) is 7.28. The topological polar surface area (TPSA) is 101 Å². The fourth-order valence-electron chi connectivity index (χ4n) is 4.35. The summed E-state index contributed by atoms with van der Waals surface area (Å²) >= 11 is 6.56. The van der Waals surface area contributed by atoms with E-state index in [1.54, 1.807) is 21.6 Å². The van der Waals surface area contributed by atoms with Crippen LogP contribution in [0.1, 0.15) is 41.7 Å². The number of aliphatic hydroxyl groups is 1. The highest BCUT2D eigenvalue weighted by molar-refractivity contribution is 6.33. The van der Waals surface area contributed by atoms with Crippen molar-refractivity contribution < 1.29 is 19.1 Å². The highest BCUT2D eigenvalue weighted by Gasteiger charge is 2.32. The number of amides is 3. The van der Waals surface area contributed by atoms with Crippen LogP contribution >= 0.6 is 11.6 Å². The van der Waals surface area contributed by atoms with Gasteiger partial charge in [-0.05, 0) is 43.4 Å². The van der Waals surface area contributed by atoms with Crippen molar-refractivity contribution in [2.75, 3.05) is 6.54 Å². The van der Waals surface area contributed by atoms with E-state index in [2.05, 4.69) is 5.32 Å². The highest BCUT2D eigenvalue weighted by Crippen LogP contribution is 2.38. The summed E-state index contributed by atoms with van der Waals surface area (Å²) in [6.45, 7) is 0.998. The van der Waals surface area contributed by atoms with E-state index in [1.165, 1.54) is 12.1 Å². The molecule has 1 aliphatic carbocycles. The molecule has 3 amide bonds. The second kappa shape index (κ2) is 8.28. The molecule has 0 unspecified atom stereocenters. The Kier molecular flexibility index (Phi) is 5.71. The zero-order valence-corrected chi connectivity index (χ0v) is 17.2. The van der Waals surface area contributed by atoms with Gasteiger partial charge in [0.2, 0.25) is 0 Å². The molecule has 30 heavy (non-hydrogen) atoms. The molecule has 0 atom stereocenters. The third-order valence-electron chi connectivity index (χ3n) is 5.91. The van der Waals surface area contributed by atoms with Crippen molar-refractivity contribution >= 4 is 23.5 Å². The molecule has 1 fully saturated rings. The number of urea groups is 1. The minimum atomic E-state index is -0.673. The minimum absolute atomic E-state index is 0.0247. The summed E-state index contributed by atoms with van der Waals surface area (Å²) in [6, 6.07) is 5.64. The van der Waals surface area contributed by atoms with Crippen molar-refractivity contribution in [2.24, 2.45) is 5.73 Å². The number of nitrogens with two attached hydrogens (primary N) is 1. The molecule has 1 saturated carbocycles. The standard InChI is InChI=1S/C21H24ClFN4O3/c22-19-17(12-2-1-3-13(23)10-12)18(20(24)29)16-11-26(8-9-27(16)19)21(30)25-14-4-6-15(28)7-5-14/h1-3,10,14-15,28H,4-9,11H2,(H2,24,29)(H,25,30). The van der Waals surface area contributed by atoms with E-state index < -0.39 is 11.7 Å². The Hall–Kier alpha value is -2.58. The van der Waals surface area contributed by atoms with Gasteiger partial charge in [0, 0.05) is 24.7 Å². The van der Waals surface area contributed by atoms with Crippen molar-refractivity contribution in [2.45, 2.75) is 50.9 Å². The van der Waals surface area contributed by atoms with E-state index in [9.17, 15) is 19.1 Å². The fourth-order valence-corrected chi connectivity index (χ4v) is 4.74. The molecule has 4 N–H and O–H groups in total. The number of benzene rings is 1. The van der Waals surface area contributed by atoms with Crippen molar-refractivity contribution in [1.82, 2.24) is 14.8 Å². The summed E-state index contributed by atoms with van der Waals surface area (Å²) in [7, 11) is 0. The van der Waals surface area contributed by atoms with E-state index in [4.69, 9.17) is 17.3 Å². The van der Waals surface area contributed by atoms with Crippen LogP contribution in [0, 0.1) is 5.82 Å². The van der Waals surface area contributed by atoms with Crippen LogP contribution in [0.25, 0.3) is 11.1 Å². The molecule has 1 aliphatic heterocycles. The number of nitrogens with one attached hydrogen (secondary N) is 1. The van der Waals surface area contributed by atoms with Gasteiger partial charge < -0.3 is 25.6 Å². The number of aliphatic hydroxyl groups excluding tert-OH is 1.